The SMILES string of the molecule is O=C(Cc1ccc2c(c1)OCCO2)Nc1n[nH]c2ccc(-c3ccc(=O)[nH]c3)cc12. The minimum atomic E-state index is -0.186. The van der Waals surface area contributed by atoms with Crippen molar-refractivity contribution in [2.24, 2.45) is 0 Å². The zero-order valence-electron chi connectivity index (χ0n) is 15.9. The summed E-state index contributed by atoms with van der Waals surface area (Å²) in [5.41, 5.74) is 3.24. The molecule has 3 N–H and O–H groups in total. The topological polar surface area (TPSA) is 109 Å². The highest BCUT2D eigenvalue weighted by Gasteiger charge is 2.15. The quantitative estimate of drug-likeness (QED) is 0.486. The zero-order chi connectivity index (χ0) is 20.5. The minimum absolute atomic E-state index is 0.157. The third-order valence-corrected chi connectivity index (χ3v) is 4.91. The number of fused-ring (bicyclic) bond motifs is 2. The number of hydrogen-bond donors (Lipinski definition) is 3. The molecular formula is C22H18N4O4. The molecule has 0 spiro atoms. The van der Waals surface area contributed by atoms with Gasteiger partial charge in [0.05, 0.1) is 11.9 Å². The summed E-state index contributed by atoms with van der Waals surface area (Å²) in [4.78, 5) is 26.6. The van der Waals surface area contributed by atoms with Gasteiger partial charge in [-0.25, -0.2) is 0 Å². The Morgan fingerprint density at radius 3 is 2.67 bits per heavy atom. The number of anilines is 1. The molecular weight excluding hydrogens is 384 g/mol. The summed E-state index contributed by atoms with van der Waals surface area (Å²) < 4.78 is 11.1. The van der Waals surface area contributed by atoms with Crippen molar-refractivity contribution in [2.45, 2.75) is 6.42 Å². The van der Waals surface area contributed by atoms with E-state index in [-0.39, 0.29) is 17.9 Å². The standard InChI is InChI=1S/C22H18N4O4/c27-20-6-3-15(12-23-20)14-2-4-17-16(11-14)22(26-25-17)24-21(28)10-13-1-5-18-19(9-13)30-8-7-29-18/h1-6,9,11-12H,7-8,10H2,(H,23,27)(H2,24,25,26,28). The molecule has 0 radical (unpaired) electrons. The van der Waals surface area contributed by atoms with Crippen LogP contribution in [0.15, 0.2) is 59.5 Å². The summed E-state index contributed by atoms with van der Waals surface area (Å²) in [5, 5.41) is 10.8. The third-order valence-electron chi connectivity index (χ3n) is 4.91. The van der Waals surface area contributed by atoms with Crippen LogP contribution >= 0.6 is 0 Å². The number of aromatic amines is 2. The lowest BCUT2D eigenvalue weighted by molar-refractivity contribution is -0.115. The molecule has 8 heteroatoms. The van der Waals surface area contributed by atoms with Gasteiger partial charge in [-0.3, -0.25) is 14.7 Å². The number of carbonyl (C=O) groups excluding carboxylic acids is 1. The van der Waals surface area contributed by atoms with Crippen LogP contribution in [0.2, 0.25) is 0 Å². The Morgan fingerprint density at radius 1 is 1.00 bits per heavy atom. The van der Waals surface area contributed by atoms with Gasteiger partial charge in [0.25, 0.3) is 0 Å². The van der Waals surface area contributed by atoms with Gasteiger partial charge in [0.2, 0.25) is 11.5 Å². The smallest absolute Gasteiger partial charge is 0.247 e. The summed E-state index contributed by atoms with van der Waals surface area (Å²) in [5.74, 6) is 1.62. The first kappa shape index (κ1) is 18.0. The number of carbonyl (C=O) groups is 1. The fourth-order valence-electron chi connectivity index (χ4n) is 3.44. The zero-order valence-corrected chi connectivity index (χ0v) is 15.9. The predicted molar refractivity (Wildman–Crippen MR) is 112 cm³/mol. The Hall–Kier alpha value is -4.07. The van der Waals surface area contributed by atoms with Gasteiger partial charge in [-0.2, -0.15) is 5.10 Å². The number of ether oxygens (including phenoxy) is 2. The normalized spacial score (nSPS) is 12.7. The number of nitrogens with one attached hydrogen (secondary N) is 3. The number of benzene rings is 2. The highest BCUT2D eigenvalue weighted by Crippen LogP contribution is 2.31. The van der Waals surface area contributed by atoms with Crippen LogP contribution in [0.3, 0.4) is 0 Å². The van der Waals surface area contributed by atoms with Gasteiger partial charge in [-0.1, -0.05) is 12.1 Å². The second-order valence-electron chi connectivity index (χ2n) is 6.98. The van der Waals surface area contributed by atoms with Gasteiger partial charge in [-0.15, -0.1) is 0 Å². The lowest BCUT2D eigenvalue weighted by Gasteiger charge is -2.18. The maximum atomic E-state index is 12.6. The number of rotatable bonds is 4. The Kier molecular flexibility index (Phi) is 4.44. The highest BCUT2D eigenvalue weighted by molar-refractivity contribution is 6.01. The van der Waals surface area contributed by atoms with Crippen molar-refractivity contribution in [1.82, 2.24) is 15.2 Å². The molecule has 1 amide bonds. The molecule has 30 heavy (non-hydrogen) atoms. The monoisotopic (exact) mass is 402 g/mol. The first-order valence-corrected chi connectivity index (χ1v) is 9.51. The van der Waals surface area contributed by atoms with E-state index in [4.69, 9.17) is 9.47 Å². The highest BCUT2D eigenvalue weighted by atomic mass is 16.6. The molecule has 8 nitrogen and oxygen atoms in total. The lowest BCUT2D eigenvalue weighted by atomic mass is 10.1. The van der Waals surface area contributed by atoms with Crippen LogP contribution in [0.4, 0.5) is 5.82 Å². The van der Waals surface area contributed by atoms with E-state index < -0.39 is 0 Å². The van der Waals surface area contributed by atoms with Crippen molar-refractivity contribution in [3.05, 3.63) is 70.6 Å². The molecule has 2 aromatic carbocycles. The Morgan fingerprint density at radius 2 is 1.83 bits per heavy atom. The molecule has 0 atom stereocenters. The molecule has 2 aromatic heterocycles. The Bertz CT molecular complexity index is 1290. The molecule has 0 fully saturated rings. The van der Waals surface area contributed by atoms with Gasteiger partial charge >= 0.3 is 0 Å². The molecule has 5 rings (SSSR count). The summed E-state index contributed by atoms with van der Waals surface area (Å²) in [6, 6.07) is 14.5. The van der Waals surface area contributed by atoms with E-state index in [1.54, 1.807) is 12.3 Å². The Balaban J connectivity index is 1.37. The molecule has 1 aliphatic rings. The van der Waals surface area contributed by atoms with Crippen LogP contribution in [-0.4, -0.2) is 34.3 Å². The van der Waals surface area contributed by atoms with E-state index in [1.165, 1.54) is 6.07 Å². The molecule has 150 valence electrons. The third kappa shape index (κ3) is 3.50. The Labute approximate surface area is 170 Å². The van der Waals surface area contributed by atoms with Crippen molar-refractivity contribution in [1.29, 1.82) is 0 Å². The van der Waals surface area contributed by atoms with E-state index in [0.29, 0.717) is 30.5 Å². The summed E-state index contributed by atoms with van der Waals surface area (Å²) in [7, 11) is 0. The number of H-pyrrole nitrogens is 2. The van der Waals surface area contributed by atoms with Gasteiger partial charge in [0, 0.05) is 17.6 Å². The molecule has 3 heterocycles. The second-order valence-corrected chi connectivity index (χ2v) is 6.98. The van der Waals surface area contributed by atoms with Crippen LogP contribution in [-0.2, 0) is 11.2 Å². The number of pyridine rings is 1. The van der Waals surface area contributed by atoms with Gasteiger partial charge in [0.15, 0.2) is 17.3 Å². The fraction of sp³-hybridized carbons (Fsp3) is 0.136. The van der Waals surface area contributed by atoms with Gasteiger partial charge in [0.1, 0.15) is 13.2 Å². The van der Waals surface area contributed by atoms with Crippen molar-refractivity contribution >= 4 is 22.6 Å². The molecule has 0 aliphatic carbocycles. The van der Waals surface area contributed by atoms with Crippen LogP contribution in [0.5, 0.6) is 11.5 Å². The minimum Gasteiger partial charge on any atom is -0.486 e. The van der Waals surface area contributed by atoms with Crippen LogP contribution < -0.4 is 20.3 Å². The summed E-state index contributed by atoms with van der Waals surface area (Å²) in [6.45, 7) is 1.03. The molecule has 0 saturated carbocycles. The van der Waals surface area contributed by atoms with E-state index in [0.717, 1.165) is 27.6 Å². The van der Waals surface area contributed by atoms with Crippen LogP contribution in [0.25, 0.3) is 22.0 Å². The predicted octanol–water partition coefficient (Wildman–Crippen LogP) is 2.87. The van der Waals surface area contributed by atoms with Crippen molar-refractivity contribution < 1.29 is 14.3 Å². The second kappa shape index (κ2) is 7.40. The summed E-state index contributed by atoms with van der Waals surface area (Å²) in [6.07, 6.45) is 1.84. The first-order chi connectivity index (χ1) is 14.7. The van der Waals surface area contributed by atoms with Crippen molar-refractivity contribution in [3.8, 4) is 22.6 Å². The van der Waals surface area contributed by atoms with E-state index in [9.17, 15) is 9.59 Å². The fourth-order valence-corrected chi connectivity index (χ4v) is 3.44. The molecule has 0 unspecified atom stereocenters. The van der Waals surface area contributed by atoms with E-state index in [1.807, 2.05) is 36.4 Å². The molecule has 0 saturated heterocycles. The largest absolute Gasteiger partial charge is 0.486 e. The van der Waals surface area contributed by atoms with Gasteiger partial charge < -0.3 is 19.8 Å². The molecule has 4 aromatic rings. The van der Waals surface area contributed by atoms with E-state index in [2.05, 4.69) is 20.5 Å². The van der Waals surface area contributed by atoms with E-state index >= 15 is 0 Å². The number of aromatic nitrogens is 3. The average Bonchev–Trinajstić information content (AvgIpc) is 3.16. The maximum Gasteiger partial charge on any atom is 0.247 e. The van der Waals surface area contributed by atoms with Gasteiger partial charge in [-0.05, 0) is 47.0 Å². The summed E-state index contributed by atoms with van der Waals surface area (Å²) >= 11 is 0. The number of amides is 1. The lowest BCUT2D eigenvalue weighted by Crippen LogP contribution is -2.17. The maximum absolute atomic E-state index is 12.6. The molecule has 0 bridgehead atoms. The number of nitrogens with zero attached hydrogens (tertiary/aromatic N) is 1. The van der Waals surface area contributed by atoms with Crippen LogP contribution in [0, 0.1) is 0 Å². The van der Waals surface area contributed by atoms with Crippen LogP contribution in [0.1, 0.15) is 5.56 Å². The number of hydrogen-bond acceptors (Lipinski definition) is 5. The average molecular weight is 402 g/mol. The van der Waals surface area contributed by atoms with Crippen molar-refractivity contribution in [2.75, 3.05) is 18.5 Å². The van der Waals surface area contributed by atoms with Crippen molar-refractivity contribution in [3.63, 3.8) is 0 Å². The first-order valence-electron chi connectivity index (χ1n) is 9.51. The molecule has 1 aliphatic heterocycles.